The molecule has 0 aliphatic rings. The SMILES string of the molecule is Cc1c(/C=N\N(C=O)Cc2cccc3[nH]ncc23)c2sc(Cc3cccc4cn[nH]c34)nc2n1C. The van der Waals surface area contributed by atoms with Crippen LogP contribution in [0.25, 0.3) is 32.2 Å². The maximum absolute atomic E-state index is 11.8. The molecule has 4 aromatic heterocycles. The van der Waals surface area contributed by atoms with Crippen molar-refractivity contribution in [1.29, 1.82) is 0 Å². The van der Waals surface area contributed by atoms with Gasteiger partial charge >= 0.3 is 0 Å². The Morgan fingerprint density at radius 3 is 2.83 bits per heavy atom. The van der Waals surface area contributed by atoms with E-state index in [1.54, 1.807) is 23.7 Å². The Morgan fingerprint density at radius 2 is 1.94 bits per heavy atom. The van der Waals surface area contributed by atoms with Gasteiger partial charge in [0, 0.05) is 35.5 Å². The van der Waals surface area contributed by atoms with Gasteiger partial charge in [-0.3, -0.25) is 15.0 Å². The summed E-state index contributed by atoms with van der Waals surface area (Å²) in [5, 5.41) is 23.3. The van der Waals surface area contributed by atoms with E-state index in [1.165, 1.54) is 5.01 Å². The van der Waals surface area contributed by atoms with E-state index in [4.69, 9.17) is 4.98 Å². The average Bonchev–Trinajstić information content (AvgIpc) is 3.65. The molecule has 0 atom stereocenters. The first-order valence-electron chi connectivity index (χ1n) is 11.1. The molecule has 0 spiro atoms. The van der Waals surface area contributed by atoms with E-state index in [9.17, 15) is 4.79 Å². The summed E-state index contributed by atoms with van der Waals surface area (Å²) in [6, 6.07) is 12.1. The highest BCUT2D eigenvalue weighted by molar-refractivity contribution is 7.19. The molecule has 174 valence electrons. The summed E-state index contributed by atoms with van der Waals surface area (Å²) in [5.41, 5.74) is 7.04. The van der Waals surface area contributed by atoms with Gasteiger partial charge in [-0.05, 0) is 24.1 Å². The number of para-hydroxylation sites is 1. The van der Waals surface area contributed by atoms with Gasteiger partial charge in [0.05, 0.1) is 40.9 Å². The van der Waals surface area contributed by atoms with Crippen molar-refractivity contribution in [2.75, 3.05) is 0 Å². The number of fused-ring (bicyclic) bond motifs is 3. The van der Waals surface area contributed by atoms with Gasteiger partial charge in [-0.1, -0.05) is 30.3 Å². The van der Waals surface area contributed by atoms with Gasteiger partial charge in [0.15, 0.2) is 5.65 Å². The monoisotopic (exact) mass is 482 g/mol. The second-order valence-corrected chi connectivity index (χ2v) is 9.53. The summed E-state index contributed by atoms with van der Waals surface area (Å²) in [4.78, 5) is 16.7. The van der Waals surface area contributed by atoms with Crippen LogP contribution >= 0.6 is 11.3 Å². The van der Waals surface area contributed by atoms with Crippen LogP contribution in [-0.4, -0.2) is 47.6 Å². The van der Waals surface area contributed by atoms with Crippen molar-refractivity contribution in [2.24, 2.45) is 12.1 Å². The molecule has 2 aromatic carbocycles. The molecule has 6 aromatic rings. The molecule has 35 heavy (non-hydrogen) atoms. The third-order valence-corrected chi connectivity index (χ3v) is 7.46. The Balaban J connectivity index is 1.31. The van der Waals surface area contributed by atoms with E-state index < -0.39 is 0 Å². The van der Waals surface area contributed by atoms with Crippen LogP contribution < -0.4 is 0 Å². The van der Waals surface area contributed by atoms with E-state index >= 15 is 0 Å². The molecule has 0 saturated carbocycles. The third kappa shape index (κ3) is 3.68. The molecule has 0 bridgehead atoms. The van der Waals surface area contributed by atoms with Gasteiger partial charge in [0.1, 0.15) is 5.01 Å². The van der Waals surface area contributed by atoms with Crippen LogP contribution in [0.3, 0.4) is 0 Å². The number of aryl methyl sites for hydroxylation is 1. The van der Waals surface area contributed by atoms with E-state index in [2.05, 4.69) is 36.1 Å². The van der Waals surface area contributed by atoms with E-state index in [-0.39, 0.29) is 0 Å². The number of thiazole rings is 1. The van der Waals surface area contributed by atoms with Crippen LogP contribution in [0.5, 0.6) is 0 Å². The number of carbonyl (C=O) groups excluding carboxylic acids is 1. The van der Waals surface area contributed by atoms with Crippen molar-refractivity contribution in [2.45, 2.75) is 19.9 Å². The number of aromatic nitrogens is 6. The quantitative estimate of drug-likeness (QED) is 0.201. The van der Waals surface area contributed by atoms with E-state index in [1.807, 2.05) is 50.5 Å². The van der Waals surface area contributed by atoms with Crippen LogP contribution in [0.4, 0.5) is 0 Å². The number of hydrogen-bond donors (Lipinski definition) is 2. The number of amides is 1. The predicted molar refractivity (Wildman–Crippen MR) is 138 cm³/mol. The minimum atomic E-state index is 0.355. The lowest BCUT2D eigenvalue weighted by atomic mass is 10.1. The minimum absolute atomic E-state index is 0.355. The number of H-pyrrole nitrogens is 2. The molecule has 6 rings (SSSR count). The molecular formula is C25H22N8OS. The summed E-state index contributed by atoms with van der Waals surface area (Å²) >= 11 is 1.65. The molecule has 9 nitrogen and oxygen atoms in total. The Labute approximate surface area is 204 Å². The first-order valence-corrected chi connectivity index (χ1v) is 12.0. The normalized spacial score (nSPS) is 11.9. The standard InChI is InChI=1S/C25H22N8OS/c1-15-19(12-28-33(14-34)13-18-7-4-8-21-20(18)11-27-30-21)24-25(32(15)2)29-22(35-24)9-16-5-3-6-17-10-26-31-23(16)17/h3-8,10-12,14H,9,13H2,1-2H3,(H,26,31)(H,27,30)/b28-12-. The average molecular weight is 483 g/mol. The zero-order chi connectivity index (χ0) is 23.9. The van der Waals surface area contributed by atoms with Crippen molar-refractivity contribution in [3.63, 3.8) is 0 Å². The van der Waals surface area contributed by atoms with Crippen molar-refractivity contribution >= 4 is 56.1 Å². The molecule has 0 saturated heterocycles. The lowest BCUT2D eigenvalue weighted by Gasteiger charge is -2.11. The fraction of sp³-hybridized carbons (Fsp3) is 0.160. The van der Waals surface area contributed by atoms with Crippen molar-refractivity contribution < 1.29 is 4.79 Å². The number of rotatable bonds is 7. The molecule has 10 heteroatoms. The Morgan fingerprint density at radius 1 is 1.11 bits per heavy atom. The predicted octanol–water partition coefficient (Wildman–Crippen LogP) is 4.28. The number of hydrogen-bond acceptors (Lipinski definition) is 6. The Kier molecular flexibility index (Phi) is 5.14. The maximum atomic E-state index is 11.8. The molecular weight excluding hydrogens is 460 g/mol. The second kappa shape index (κ2) is 8.48. The van der Waals surface area contributed by atoms with Gasteiger partial charge in [0.2, 0.25) is 6.41 Å². The van der Waals surface area contributed by atoms with Crippen molar-refractivity contribution in [3.05, 3.63) is 76.2 Å². The van der Waals surface area contributed by atoms with Crippen molar-refractivity contribution in [3.8, 4) is 0 Å². The molecule has 0 aliphatic heterocycles. The van der Waals surface area contributed by atoms with Crippen LogP contribution in [0.1, 0.15) is 27.4 Å². The molecule has 0 unspecified atom stereocenters. The lowest BCUT2D eigenvalue weighted by molar-refractivity contribution is -0.118. The van der Waals surface area contributed by atoms with Gasteiger partial charge in [-0.25, -0.2) is 9.99 Å². The van der Waals surface area contributed by atoms with Gasteiger partial charge in [0.25, 0.3) is 0 Å². The lowest BCUT2D eigenvalue weighted by Crippen LogP contribution is -2.15. The Bertz CT molecular complexity index is 1720. The van der Waals surface area contributed by atoms with Crippen LogP contribution in [0.15, 0.2) is 53.9 Å². The van der Waals surface area contributed by atoms with E-state index in [0.29, 0.717) is 13.0 Å². The smallest absolute Gasteiger partial charge is 0.230 e. The van der Waals surface area contributed by atoms with Crippen molar-refractivity contribution in [1.82, 2.24) is 35.0 Å². The molecule has 0 fully saturated rings. The summed E-state index contributed by atoms with van der Waals surface area (Å²) in [5.74, 6) is 0. The fourth-order valence-corrected chi connectivity index (χ4v) is 5.59. The summed E-state index contributed by atoms with van der Waals surface area (Å²) < 4.78 is 3.13. The van der Waals surface area contributed by atoms with Gasteiger partial charge in [-0.2, -0.15) is 15.3 Å². The minimum Gasteiger partial charge on any atom is -0.332 e. The molecule has 1 amide bonds. The molecule has 2 N–H and O–H groups in total. The van der Waals surface area contributed by atoms with Gasteiger partial charge < -0.3 is 4.57 Å². The Hall–Kier alpha value is -4.31. The van der Waals surface area contributed by atoms with Crippen LogP contribution in [0, 0.1) is 6.92 Å². The number of benzene rings is 2. The number of nitrogens with one attached hydrogen (secondary N) is 2. The topological polar surface area (TPSA) is 108 Å². The second-order valence-electron chi connectivity index (χ2n) is 8.44. The third-order valence-electron chi connectivity index (χ3n) is 6.38. The number of carbonyl (C=O) groups is 1. The molecule has 0 aliphatic carbocycles. The largest absolute Gasteiger partial charge is 0.332 e. The highest BCUT2D eigenvalue weighted by atomic mass is 32.1. The number of nitrogens with zero attached hydrogens (tertiary/aromatic N) is 6. The zero-order valence-electron chi connectivity index (χ0n) is 19.2. The zero-order valence-corrected chi connectivity index (χ0v) is 20.0. The summed E-state index contributed by atoms with van der Waals surface area (Å²) in [7, 11) is 2.01. The maximum Gasteiger partial charge on any atom is 0.230 e. The fourth-order valence-electron chi connectivity index (χ4n) is 4.41. The summed E-state index contributed by atoms with van der Waals surface area (Å²) in [6.45, 7) is 2.40. The summed E-state index contributed by atoms with van der Waals surface area (Å²) in [6.07, 6.45) is 6.82. The van der Waals surface area contributed by atoms with E-state index in [0.717, 1.165) is 66.0 Å². The number of hydrazone groups is 1. The number of aromatic amines is 2. The molecule has 0 radical (unpaired) electrons. The first-order chi connectivity index (χ1) is 17.1. The highest BCUT2D eigenvalue weighted by Crippen LogP contribution is 2.31. The van der Waals surface area contributed by atoms with Gasteiger partial charge in [-0.15, -0.1) is 11.3 Å². The molecule has 4 heterocycles. The first kappa shape index (κ1) is 21.2. The van der Waals surface area contributed by atoms with Crippen LogP contribution in [-0.2, 0) is 24.8 Å². The van der Waals surface area contributed by atoms with Crippen LogP contribution in [0.2, 0.25) is 0 Å². The highest BCUT2D eigenvalue weighted by Gasteiger charge is 2.17.